The highest BCUT2D eigenvalue weighted by Crippen LogP contribution is 2.23. The van der Waals surface area contributed by atoms with Crippen LogP contribution in [0.4, 0.5) is 0 Å². The van der Waals surface area contributed by atoms with Crippen LogP contribution < -0.4 is 0 Å². The Morgan fingerprint density at radius 2 is 1.93 bits per heavy atom. The molecule has 0 atom stereocenters. The average Bonchev–Trinajstić information content (AvgIpc) is 3.09. The van der Waals surface area contributed by atoms with Gasteiger partial charge in [0, 0.05) is 45.6 Å². The number of ether oxygens (including phenoxy) is 1. The maximum atomic E-state index is 12.9. The zero-order valence-electron chi connectivity index (χ0n) is 17.1. The smallest absolute Gasteiger partial charge is 0.227 e. The molecule has 9 heteroatoms. The number of hydrogen-bond acceptors (Lipinski definition) is 6. The van der Waals surface area contributed by atoms with E-state index in [-0.39, 0.29) is 16.3 Å². The fourth-order valence-corrected chi connectivity index (χ4v) is 5.05. The molecule has 0 bridgehead atoms. The van der Waals surface area contributed by atoms with Crippen LogP contribution in [-0.2, 0) is 41.3 Å². The van der Waals surface area contributed by atoms with Crippen molar-refractivity contribution in [3.63, 3.8) is 0 Å². The van der Waals surface area contributed by atoms with Gasteiger partial charge in [-0.05, 0) is 12.5 Å². The summed E-state index contributed by atoms with van der Waals surface area (Å²) in [6, 6.07) is 0. The molecule has 0 N–H and O–H groups in total. The van der Waals surface area contributed by atoms with Gasteiger partial charge in [-0.15, -0.1) is 0 Å². The first kappa shape index (κ1) is 21.6. The van der Waals surface area contributed by atoms with Gasteiger partial charge >= 0.3 is 0 Å². The fourth-order valence-electron chi connectivity index (χ4n) is 3.02. The zero-order chi connectivity index (χ0) is 20.2. The molecule has 2 aromatic heterocycles. The molecular weight excluding hydrogens is 366 g/mol. The lowest BCUT2D eigenvalue weighted by molar-refractivity contribution is 0.182. The van der Waals surface area contributed by atoms with E-state index in [0.717, 1.165) is 11.3 Å². The number of nitrogens with zero attached hydrogens (tertiary/aromatic N) is 5. The third-order valence-corrected chi connectivity index (χ3v) is 6.09. The lowest BCUT2D eigenvalue weighted by Crippen LogP contribution is -2.26. The minimum atomic E-state index is -3.49. The molecule has 2 heterocycles. The highest BCUT2D eigenvalue weighted by atomic mass is 32.2. The van der Waals surface area contributed by atoms with Gasteiger partial charge in [-0.3, -0.25) is 9.58 Å². The summed E-state index contributed by atoms with van der Waals surface area (Å²) in [6.45, 7) is 7.91. The van der Waals surface area contributed by atoms with Gasteiger partial charge in [-0.25, -0.2) is 13.4 Å². The molecule has 0 amide bonds. The van der Waals surface area contributed by atoms with Crippen LogP contribution in [0.3, 0.4) is 0 Å². The molecule has 0 aliphatic rings. The van der Waals surface area contributed by atoms with Crippen molar-refractivity contribution in [2.75, 3.05) is 26.5 Å². The van der Waals surface area contributed by atoms with Crippen LogP contribution in [0.1, 0.15) is 32.0 Å². The van der Waals surface area contributed by atoms with Crippen LogP contribution in [0.5, 0.6) is 0 Å². The number of methoxy groups -OCH3 is 1. The molecule has 27 heavy (non-hydrogen) atoms. The number of imidazole rings is 1. The standard InChI is InChI=1S/C18H31N5O3S/c1-18(2,3)14-27(24,25)17-19-10-16(23(17)7-8-26-6)13-21(4)11-15-9-20-22(5)12-15/h9-10,12H,7-8,11,13-14H2,1-6H3. The van der Waals surface area contributed by atoms with Crippen LogP contribution in [-0.4, -0.2) is 59.2 Å². The van der Waals surface area contributed by atoms with Gasteiger partial charge in [0.2, 0.25) is 15.0 Å². The predicted octanol–water partition coefficient (Wildman–Crippen LogP) is 1.71. The molecule has 0 saturated heterocycles. The zero-order valence-corrected chi connectivity index (χ0v) is 18.0. The van der Waals surface area contributed by atoms with Crippen molar-refractivity contribution >= 4 is 9.84 Å². The number of aryl methyl sites for hydroxylation is 1. The first-order valence-corrected chi connectivity index (χ1v) is 10.6. The molecule has 0 aliphatic heterocycles. The molecule has 0 fully saturated rings. The van der Waals surface area contributed by atoms with E-state index in [4.69, 9.17) is 4.74 Å². The molecule has 2 rings (SSSR count). The summed E-state index contributed by atoms with van der Waals surface area (Å²) in [5, 5.41) is 4.31. The molecule has 152 valence electrons. The highest BCUT2D eigenvalue weighted by Gasteiger charge is 2.29. The molecule has 8 nitrogen and oxygen atoms in total. The van der Waals surface area contributed by atoms with E-state index in [1.807, 2.05) is 47.3 Å². The molecule has 0 unspecified atom stereocenters. The van der Waals surface area contributed by atoms with Gasteiger partial charge in [0.25, 0.3) is 0 Å². The van der Waals surface area contributed by atoms with Crippen molar-refractivity contribution in [1.82, 2.24) is 24.2 Å². The van der Waals surface area contributed by atoms with Gasteiger partial charge in [0.05, 0.1) is 30.4 Å². The van der Waals surface area contributed by atoms with Crippen molar-refractivity contribution in [3.05, 3.63) is 29.8 Å². The summed E-state index contributed by atoms with van der Waals surface area (Å²) in [6.07, 6.45) is 5.46. The molecule has 0 spiro atoms. The topological polar surface area (TPSA) is 82.2 Å². The lowest BCUT2D eigenvalue weighted by Gasteiger charge is -2.20. The Labute approximate surface area is 162 Å². The normalized spacial score (nSPS) is 12.9. The summed E-state index contributed by atoms with van der Waals surface area (Å²) in [5.41, 5.74) is 1.61. The Kier molecular flexibility index (Phi) is 6.82. The van der Waals surface area contributed by atoms with E-state index < -0.39 is 9.84 Å². The number of hydrogen-bond donors (Lipinski definition) is 0. The largest absolute Gasteiger partial charge is 0.383 e. The van der Waals surface area contributed by atoms with Gasteiger partial charge in [-0.1, -0.05) is 20.8 Å². The summed E-state index contributed by atoms with van der Waals surface area (Å²) in [7, 11) is 2.00. The Morgan fingerprint density at radius 3 is 2.48 bits per heavy atom. The second-order valence-electron chi connectivity index (χ2n) is 8.19. The quantitative estimate of drug-likeness (QED) is 0.641. The van der Waals surface area contributed by atoms with E-state index >= 15 is 0 Å². The average molecular weight is 398 g/mol. The molecular formula is C18H31N5O3S. The summed E-state index contributed by atoms with van der Waals surface area (Å²) >= 11 is 0. The van der Waals surface area contributed by atoms with E-state index in [2.05, 4.69) is 15.0 Å². The maximum absolute atomic E-state index is 12.9. The van der Waals surface area contributed by atoms with Gasteiger partial charge in [0.1, 0.15) is 0 Å². The van der Waals surface area contributed by atoms with Crippen LogP contribution in [0.25, 0.3) is 0 Å². The SMILES string of the molecule is COCCn1c(CN(C)Cc2cnn(C)c2)cnc1S(=O)(=O)CC(C)(C)C. The maximum Gasteiger partial charge on any atom is 0.227 e. The Balaban J connectivity index is 2.24. The molecule has 0 aliphatic carbocycles. The predicted molar refractivity (Wildman–Crippen MR) is 104 cm³/mol. The number of sulfone groups is 1. The lowest BCUT2D eigenvalue weighted by atomic mass is 10.0. The first-order valence-electron chi connectivity index (χ1n) is 8.94. The van der Waals surface area contributed by atoms with E-state index in [0.29, 0.717) is 26.2 Å². The first-order chi connectivity index (χ1) is 12.5. The van der Waals surface area contributed by atoms with E-state index in [1.165, 1.54) is 0 Å². The summed E-state index contributed by atoms with van der Waals surface area (Å²) in [4.78, 5) is 6.37. The fraction of sp³-hybridized carbons (Fsp3) is 0.667. The second kappa shape index (κ2) is 8.53. The third-order valence-electron chi connectivity index (χ3n) is 3.96. The Morgan fingerprint density at radius 1 is 1.22 bits per heavy atom. The molecule has 0 saturated carbocycles. The Hall–Kier alpha value is -1.71. The summed E-state index contributed by atoms with van der Waals surface area (Å²) < 4.78 is 34.5. The number of aromatic nitrogens is 4. The van der Waals surface area contributed by atoms with Crippen molar-refractivity contribution in [3.8, 4) is 0 Å². The van der Waals surface area contributed by atoms with Crippen molar-refractivity contribution in [1.29, 1.82) is 0 Å². The van der Waals surface area contributed by atoms with Gasteiger partial charge in [0.15, 0.2) is 0 Å². The van der Waals surface area contributed by atoms with E-state index in [1.54, 1.807) is 22.6 Å². The second-order valence-corrected chi connectivity index (χ2v) is 10.1. The third kappa shape index (κ3) is 6.15. The molecule has 0 radical (unpaired) electrons. The van der Waals surface area contributed by atoms with E-state index in [9.17, 15) is 8.42 Å². The van der Waals surface area contributed by atoms with Gasteiger partial charge < -0.3 is 9.30 Å². The van der Waals surface area contributed by atoms with Crippen LogP contribution >= 0.6 is 0 Å². The van der Waals surface area contributed by atoms with Crippen LogP contribution in [0.15, 0.2) is 23.7 Å². The van der Waals surface area contributed by atoms with Crippen molar-refractivity contribution < 1.29 is 13.2 Å². The van der Waals surface area contributed by atoms with Crippen molar-refractivity contribution in [2.45, 2.75) is 45.6 Å². The monoisotopic (exact) mass is 397 g/mol. The molecule has 0 aromatic carbocycles. The number of rotatable bonds is 9. The Bertz CT molecular complexity index is 849. The summed E-state index contributed by atoms with van der Waals surface area (Å²) in [5.74, 6) is 0.0506. The highest BCUT2D eigenvalue weighted by molar-refractivity contribution is 7.91. The minimum Gasteiger partial charge on any atom is -0.383 e. The van der Waals surface area contributed by atoms with Gasteiger partial charge in [-0.2, -0.15) is 5.10 Å². The molecule has 2 aromatic rings. The van der Waals surface area contributed by atoms with Crippen LogP contribution in [0, 0.1) is 5.41 Å². The minimum absolute atomic E-state index is 0.0506. The van der Waals surface area contributed by atoms with Crippen molar-refractivity contribution in [2.24, 2.45) is 12.5 Å². The van der Waals surface area contributed by atoms with Crippen LogP contribution in [0.2, 0.25) is 0 Å².